The molecule has 0 radical (unpaired) electrons. The molecule has 35 heavy (non-hydrogen) atoms. The molecule has 0 aliphatic heterocycles. The molecule has 0 N–H and O–H groups in total. The standard InChI is InChI=1S/C31H58O4/c1-4-5-6-7-8-12-15-18-24-34-30(32)28-22-20-23-29(26-28)31(33)35-25-19-16-13-10-9-11-14-17-21-27(2)3/h27-29H,4-26H2,1-3H3. The SMILES string of the molecule is CCCCCCCCCCOC(=O)C1CCCC(C(=O)OCCCCCCCCCCC(C)C)C1. The van der Waals surface area contributed by atoms with E-state index in [2.05, 4.69) is 20.8 Å². The maximum atomic E-state index is 12.5. The van der Waals surface area contributed by atoms with Gasteiger partial charge in [-0.1, -0.05) is 124 Å². The van der Waals surface area contributed by atoms with E-state index in [9.17, 15) is 9.59 Å². The monoisotopic (exact) mass is 494 g/mol. The van der Waals surface area contributed by atoms with Crippen molar-refractivity contribution in [3.63, 3.8) is 0 Å². The van der Waals surface area contributed by atoms with Gasteiger partial charge in [-0.2, -0.15) is 0 Å². The Morgan fingerprint density at radius 1 is 0.629 bits per heavy atom. The number of carbonyl (C=O) groups is 2. The highest BCUT2D eigenvalue weighted by atomic mass is 16.5. The summed E-state index contributed by atoms with van der Waals surface area (Å²) >= 11 is 0. The van der Waals surface area contributed by atoms with Gasteiger partial charge in [-0.25, -0.2) is 0 Å². The zero-order valence-electron chi connectivity index (χ0n) is 23.6. The maximum Gasteiger partial charge on any atom is 0.308 e. The van der Waals surface area contributed by atoms with Gasteiger partial charge in [0.05, 0.1) is 25.0 Å². The molecule has 0 aromatic rings. The fourth-order valence-corrected chi connectivity index (χ4v) is 5.15. The summed E-state index contributed by atoms with van der Waals surface area (Å²) in [6.45, 7) is 7.89. The smallest absolute Gasteiger partial charge is 0.308 e. The first-order valence-corrected chi connectivity index (χ1v) is 15.4. The highest BCUT2D eigenvalue weighted by Gasteiger charge is 2.32. The Bertz CT molecular complexity index is 516. The summed E-state index contributed by atoms with van der Waals surface area (Å²) in [6.07, 6.45) is 24.5. The van der Waals surface area contributed by atoms with Crippen LogP contribution in [0.3, 0.4) is 0 Å². The van der Waals surface area contributed by atoms with Gasteiger partial charge in [-0.15, -0.1) is 0 Å². The van der Waals surface area contributed by atoms with Gasteiger partial charge in [0, 0.05) is 0 Å². The molecule has 0 spiro atoms. The zero-order valence-corrected chi connectivity index (χ0v) is 23.6. The third kappa shape index (κ3) is 17.9. The van der Waals surface area contributed by atoms with Crippen molar-refractivity contribution in [2.24, 2.45) is 17.8 Å². The molecule has 4 nitrogen and oxygen atoms in total. The van der Waals surface area contributed by atoms with Crippen LogP contribution in [0.4, 0.5) is 0 Å². The van der Waals surface area contributed by atoms with Crippen molar-refractivity contribution in [2.45, 2.75) is 156 Å². The van der Waals surface area contributed by atoms with Crippen molar-refractivity contribution in [2.75, 3.05) is 13.2 Å². The number of hydrogen-bond acceptors (Lipinski definition) is 4. The van der Waals surface area contributed by atoms with E-state index in [1.807, 2.05) is 0 Å². The second kappa shape index (κ2) is 22.2. The minimum absolute atomic E-state index is 0.101. The lowest BCUT2D eigenvalue weighted by molar-refractivity contribution is -0.155. The topological polar surface area (TPSA) is 52.6 Å². The molecule has 2 atom stereocenters. The van der Waals surface area contributed by atoms with Crippen LogP contribution >= 0.6 is 0 Å². The highest BCUT2D eigenvalue weighted by molar-refractivity contribution is 5.76. The third-order valence-corrected chi connectivity index (χ3v) is 7.50. The van der Waals surface area contributed by atoms with Crippen LogP contribution in [0.15, 0.2) is 0 Å². The molecule has 0 heterocycles. The van der Waals surface area contributed by atoms with Gasteiger partial charge in [0.1, 0.15) is 0 Å². The molecule has 1 aliphatic carbocycles. The molecule has 0 aromatic heterocycles. The van der Waals surface area contributed by atoms with E-state index in [1.165, 1.54) is 83.5 Å². The van der Waals surface area contributed by atoms with Crippen molar-refractivity contribution in [3.05, 3.63) is 0 Å². The first-order chi connectivity index (χ1) is 17.0. The van der Waals surface area contributed by atoms with Crippen molar-refractivity contribution in [3.8, 4) is 0 Å². The minimum Gasteiger partial charge on any atom is -0.465 e. The molecule has 1 fully saturated rings. The zero-order chi connectivity index (χ0) is 25.6. The second-order valence-corrected chi connectivity index (χ2v) is 11.4. The number of hydrogen-bond donors (Lipinski definition) is 0. The Labute approximate surface area is 217 Å². The average molecular weight is 495 g/mol. The van der Waals surface area contributed by atoms with Crippen LogP contribution in [0.25, 0.3) is 0 Å². The maximum absolute atomic E-state index is 12.5. The van der Waals surface area contributed by atoms with Crippen LogP contribution in [0.2, 0.25) is 0 Å². The number of ether oxygens (including phenoxy) is 2. The van der Waals surface area contributed by atoms with Gasteiger partial charge in [0.15, 0.2) is 0 Å². The first-order valence-electron chi connectivity index (χ1n) is 15.4. The van der Waals surface area contributed by atoms with E-state index >= 15 is 0 Å². The Morgan fingerprint density at radius 3 is 1.46 bits per heavy atom. The van der Waals surface area contributed by atoms with E-state index in [-0.39, 0.29) is 23.8 Å². The molecule has 0 bridgehead atoms. The van der Waals surface area contributed by atoms with Gasteiger partial charge >= 0.3 is 11.9 Å². The summed E-state index contributed by atoms with van der Waals surface area (Å²) in [5.41, 5.74) is 0. The van der Waals surface area contributed by atoms with Crippen molar-refractivity contribution < 1.29 is 19.1 Å². The molecule has 0 saturated heterocycles. The Kier molecular flexibility index (Phi) is 20.2. The van der Waals surface area contributed by atoms with E-state index in [1.54, 1.807) is 0 Å². The molecule has 4 heteroatoms. The van der Waals surface area contributed by atoms with Crippen LogP contribution in [-0.2, 0) is 19.1 Å². The summed E-state index contributed by atoms with van der Waals surface area (Å²) in [5.74, 6) is 0.368. The number of rotatable bonds is 22. The summed E-state index contributed by atoms with van der Waals surface area (Å²) in [7, 11) is 0. The summed E-state index contributed by atoms with van der Waals surface area (Å²) in [6, 6.07) is 0. The summed E-state index contributed by atoms with van der Waals surface area (Å²) in [5, 5.41) is 0. The van der Waals surface area contributed by atoms with E-state index in [0.29, 0.717) is 19.6 Å². The molecule has 1 saturated carbocycles. The normalized spacial score (nSPS) is 18.1. The first kappa shape index (κ1) is 32.0. The van der Waals surface area contributed by atoms with E-state index in [4.69, 9.17) is 9.47 Å². The molecular formula is C31H58O4. The predicted molar refractivity (Wildman–Crippen MR) is 146 cm³/mol. The Morgan fingerprint density at radius 2 is 1.03 bits per heavy atom. The van der Waals surface area contributed by atoms with Crippen molar-refractivity contribution in [1.82, 2.24) is 0 Å². The highest BCUT2D eigenvalue weighted by Crippen LogP contribution is 2.31. The number of unbranched alkanes of at least 4 members (excludes halogenated alkanes) is 14. The quantitative estimate of drug-likeness (QED) is 0.111. The van der Waals surface area contributed by atoms with E-state index < -0.39 is 0 Å². The Balaban J connectivity index is 2.02. The molecule has 1 aliphatic rings. The summed E-state index contributed by atoms with van der Waals surface area (Å²) < 4.78 is 11.1. The molecular weight excluding hydrogens is 436 g/mol. The largest absolute Gasteiger partial charge is 0.465 e. The van der Waals surface area contributed by atoms with Gasteiger partial charge < -0.3 is 9.47 Å². The number of esters is 2. The van der Waals surface area contributed by atoms with Crippen LogP contribution in [0.5, 0.6) is 0 Å². The molecule has 1 rings (SSSR count). The van der Waals surface area contributed by atoms with Crippen molar-refractivity contribution in [1.29, 1.82) is 0 Å². The lowest BCUT2D eigenvalue weighted by Gasteiger charge is -2.26. The molecule has 2 unspecified atom stereocenters. The second-order valence-electron chi connectivity index (χ2n) is 11.4. The van der Waals surface area contributed by atoms with Crippen LogP contribution in [-0.4, -0.2) is 25.2 Å². The average Bonchev–Trinajstić information content (AvgIpc) is 2.85. The molecule has 0 aromatic carbocycles. The fraction of sp³-hybridized carbons (Fsp3) is 0.935. The van der Waals surface area contributed by atoms with E-state index in [0.717, 1.165) is 50.9 Å². The van der Waals surface area contributed by atoms with Crippen LogP contribution in [0.1, 0.15) is 156 Å². The van der Waals surface area contributed by atoms with Crippen LogP contribution in [0, 0.1) is 17.8 Å². The molecule has 0 amide bonds. The minimum atomic E-state index is -0.129. The van der Waals surface area contributed by atoms with Crippen LogP contribution < -0.4 is 0 Å². The van der Waals surface area contributed by atoms with Gasteiger partial charge in [0.2, 0.25) is 0 Å². The fourth-order valence-electron chi connectivity index (χ4n) is 5.15. The predicted octanol–water partition coefficient (Wildman–Crippen LogP) is 9.19. The lowest BCUT2D eigenvalue weighted by atomic mass is 9.81. The van der Waals surface area contributed by atoms with Gasteiger partial charge in [-0.05, 0) is 38.0 Å². The van der Waals surface area contributed by atoms with Gasteiger partial charge in [-0.3, -0.25) is 9.59 Å². The molecule has 206 valence electrons. The van der Waals surface area contributed by atoms with Crippen molar-refractivity contribution >= 4 is 11.9 Å². The Hall–Kier alpha value is -1.06. The third-order valence-electron chi connectivity index (χ3n) is 7.50. The lowest BCUT2D eigenvalue weighted by Crippen LogP contribution is -2.30. The summed E-state index contributed by atoms with van der Waals surface area (Å²) in [4.78, 5) is 25.0. The van der Waals surface area contributed by atoms with Gasteiger partial charge in [0.25, 0.3) is 0 Å². The number of carbonyl (C=O) groups excluding carboxylic acids is 2.